The molecule has 2 aromatic rings. The van der Waals surface area contributed by atoms with Gasteiger partial charge in [-0.1, -0.05) is 0 Å². The highest BCUT2D eigenvalue weighted by Gasteiger charge is 2.12. The number of hydrogen-bond acceptors (Lipinski definition) is 4. The zero-order valence-electron chi connectivity index (χ0n) is 12.6. The Hall–Kier alpha value is -2.61. The number of ether oxygens (including phenoxy) is 1. The highest BCUT2D eigenvalue weighted by atomic mass is 16.5. The fraction of sp³-hybridized carbons (Fsp3) is 0.312. The molecule has 108 valence electrons. The summed E-state index contributed by atoms with van der Waals surface area (Å²) < 4.78 is 6.86. The lowest BCUT2D eigenvalue weighted by atomic mass is 10.1. The molecule has 5 heteroatoms. The highest BCUT2D eigenvalue weighted by molar-refractivity contribution is 5.41. The summed E-state index contributed by atoms with van der Waals surface area (Å²) in [7, 11) is 1.62. The number of methoxy groups -OCH3 is 1. The summed E-state index contributed by atoms with van der Waals surface area (Å²) in [5.74, 6) is 0.778. The fourth-order valence-electron chi connectivity index (χ4n) is 2.32. The van der Waals surface area contributed by atoms with Crippen molar-refractivity contribution in [3.8, 4) is 11.8 Å². The maximum Gasteiger partial charge on any atom is 0.269 e. The quantitative estimate of drug-likeness (QED) is 0.865. The molecule has 0 aliphatic carbocycles. The summed E-state index contributed by atoms with van der Waals surface area (Å²) in [6.45, 7) is 5.91. The van der Waals surface area contributed by atoms with Gasteiger partial charge in [-0.05, 0) is 32.4 Å². The molecule has 2 rings (SSSR count). The van der Waals surface area contributed by atoms with Crippen LogP contribution in [0.5, 0.6) is 5.75 Å². The van der Waals surface area contributed by atoms with E-state index in [1.165, 1.54) is 4.57 Å². The van der Waals surface area contributed by atoms with Crippen LogP contribution in [-0.2, 0) is 6.54 Å². The van der Waals surface area contributed by atoms with Crippen LogP contribution < -0.4 is 10.3 Å². The lowest BCUT2D eigenvalue weighted by Crippen LogP contribution is -2.24. The molecule has 0 bridgehead atoms. The number of aromatic nitrogens is 2. The first-order valence-corrected chi connectivity index (χ1v) is 6.58. The second-order valence-electron chi connectivity index (χ2n) is 4.96. The maximum atomic E-state index is 12.2. The van der Waals surface area contributed by atoms with Crippen LogP contribution in [0.3, 0.4) is 0 Å². The van der Waals surface area contributed by atoms with Crippen LogP contribution >= 0.6 is 0 Å². The third kappa shape index (κ3) is 2.65. The largest absolute Gasteiger partial charge is 0.496 e. The summed E-state index contributed by atoms with van der Waals surface area (Å²) in [5, 5.41) is 9.06. The maximum absolute atomic E-state index is 12.2. The second-order valence-corrected chi connectivity index (χ2v) is 4.96. The fourth-order valence-corrected chi connectivity index (χ4v) is 2.32. The summed E-state index contributed by atoms with van der Waals surface area (Å²) in [6, 6.07) is 3.72. The minimum atomic E-state index is -0.293. The minimum Gasteiger partial charge on any atom is -0.496 e. The topological polar surface area (TPSA) is 67.9 Å². The van der Waals surface area contributed by atoms with Gasteiger partial charge in [-0.25, -0.2) is 0 Å². The lowest BCUT2D eigenvalue weighted by molar-refractivity contribution is 0.406. The van der Waals surface area contributed by atoms with E-state index in [9.17, 15) is 4.79 Å². The van der Waals surface area contributed by atoms with Crippen LogP contribution in [0.1, 0.15) is 27.9 Å². The van der Waals surface area contributed by atoms with Gasteiger partial charge in [-0.3, -0.25) is 9.78 Å². The van der Waals surface area contributed by atoms with Gasteiger partial charge in [0.2, 0.25) is 0 Å². The van der Waals surface area contributed by atoms with E-state index in [4.69, 9.17) is 10.00 Å². The van der Waals surface area contributed by atoms with E-state index in [0.29, 0.717) is 12.1 Å². The molecule has 0 saturated heterocycles. The Morgan fingerprint density at radius 2 is 2.05 bits per heavy atom. The van der Waals surface area contributed by atoms with Crippen LogP contribution in [0.25, 0.3) is 0 Å². The molecule has 5 nitrogen and oxygen atoms in total. The molecule has 0 radical (unpaired) electrons. The molecule has 0 atom stereocenters. The number of nitriles is 1. The van der Waals surface area contributed by atoms with Crippen molar-refractivity contribution in [2.24, 2.45) is 0 Å². The van der Waals surface area contributed by atoms with E-state index in [-0.39, 0.29) is 11.1 Å². The Balaban J connectivity index is 2.50. The molecule has 0 saturated carbocycles. The average molecular weight is 283 g/mol. The number of aryl methyl sites for hydroxylation is 2. The van der Waals surface area contributed by atoms with E-state index in [0.717, 1.165) is 22.6 Å². The molecule has 0 unspecified atom stereocenters. The first-order chi connectivity index (χ1) is 9.99. The SMILES string of the molecule is COc1c(C)cnc(Cn2ccc(C)c(C#N)c2=O)c1C. The van der Waals surface area contributed by atoms with Crippen LogP contribution in [0.15, 0.2) is 23.3 Å². The second kappa shape index (κ2) is 5.80. The molecule has 2 heterocycles. The summed E-state index contributed by atoms with van der Waals surface area (Å²) in [4.78, 5) is 16.6. The summed E-state index contributed by atoms with van der Waals surface area (Å²) >= 11 is 0. The van der Waals surface area contributed by atoms with Crippen LogP contribution in [0.4, 0.5) is 0 Å². The van der Waals surface area contributed by atoms with Crippen molar-refractivity contribution in [3.05, 3.63) is 56.8 Å². The summed E-state index contributed by atoms with van der Waals surface area (Å²) in [5.41, 5.74) is 3.18. The molecule has 2 aromatic heterocycles. The van der Waals surface area contributed by atoms with Crippen molar-refractivity contribution in [1.29, 1.82) is 5.26 Å². The molecule has 0 aliphatic heterocycles. The third-order valence-electron chi connectivity index (χ3n) is 3.56. The van der Waals surface area contributed by atoms with Gasteiger partial charge in [0.25, 0.3) is 5.56 Å². The predicted octanol–water partition coefficient (Wildman–Crippen LogP) is 2.10. The van der Waals surface area contributed by atoms with Gasteiger partial charge < -0.3 is 9.30 Å². The smallest absolute Gasteiger partial charge is 0.269 e. The number of pyridine rings is 2. The van der Waals surface area contributed by atoms with Gasteiger partial charge in [0.1, 0.15) is 17.4 Å². The first kappa shape index (κ1) is 14.8. The zero-order valence-corrected chi connectivity index (χ0v) is 12.6. The van der Waals surface area contributed by atoms with Crippen molar-refractivity contribution < 1.29 is 4.74 Å². The molecule has 0 fully saturated rings. The van der Waals surface area contributed by atoms with Crippen LogP contribution in [-0.4, -0.2) is 16.7 Å². The van der Waals surface area contributed by atoms with Crippen LogP contribution in [0, 0.1) is 32.1 Å². The number of hydrogen-bond donors (Lipinski definition) is 0. The number of nitrogens with zero attached hydrogens (tertiary/aromatic N) is 3. The van der Waals surface area contributed by atoms with E-state index in [2.05, 4.69) is 4.98 Å². The Bertz CT molecular complexity index is 785. The van der Waals surface area contributed by atoms with E-state index in [1.54, 1.807) is 32.5 Å². The van der Waals surface area contributed by atoms with Crippen molar-refractivity contribution in [1.82, 2.24) is 9.55 Å². The highest BCUT2D eigenvalue weighted by Crippen LogP contribution is 2.24. The third-order valence-corrected chi connectivity index (χ3v) is 3.56. The molecule has 0 amide bonds. The van der Waals surface area contributed by atoms with Gasteiger partial charge >= 0.3 is 0 Å². The molecule has 0 aliphatic rings. The Kier molecular flexibility index (Phi) is 4.08. The lowest BCUT2D eigenvalue weighted by Gasteiger charge is -2.13. The Morgan fingerprint density at radius 3 is 2.67 bits per heavy atom. The monoisotopic (exact) mass is 283 g/mol. The normalized spacial score (nSPS) is 10.2. The molecule has 21 heavy (non-hydrogen) atoms. The van der Waals surface area contributed by atoms with Gasteiger partial charge in [-0.15, -0.1) is 0 Å². The van der Waals surface area contributed by atoms with Crippen molar-refractivity contribution in [2.45, 2.75) is 27.3 Å². The molecular formula is C16H17N3O2. The standard InChI is InChI=1S/C16H17N3O2/c1-10-5-6-19(16(20)13(10)7-17)9-14-12(3)15(21-4)11(2)8-18-14/h5-6,8H,9H2,1-4H3. The predicted molar refractivity (Wildman–Crippen MR) is 79.5 cm³/mol. The van der Waals surface area contributed by atoms with Crippen molar-refractivity contribution in [2.75, 3.05) is 7.11 Å². The van der Waals surface area contributed by atoms with E-state index >= 15 is 0 Å². The summed E-state index contributed by atoms with van der Waals surface area (Å²) in [6.07, 6.45) is 3.41. The van der Waals surface area contributed by atoms with Gasteiger partial charge in [0, 0.05) is 23.5 Å². The molecule has 0 N–H and O–H groups in total. The average Bonchev–Trinajstić information content (AvgIpc) is 2.45. The van der Waals surface area contributed by atoms with E-state index < -0.39 is 0 Å². The first-order valence-electron chi connectivity index (χ1n) is 6.58. The van der Waals surface area contributed by atoms with Gasteiger partial charge in [-0.2, -0.15) is 5.26 Å². The van der Waals surface area contributed by atoms with E-state index in [1.807, 2.05) is 19.9 Å². The molecule has 0 spiro atoms. The molecule has 0 aromatic carbocycles. The van der Waals surface area contributed by atoms with Gasteiger partial charge in [0.05, 0.1) is 19.3 Å². The minimum absolute atomic E-state index is 0.175. The zero-order chi connectivity index (χ0) is 15.6. The Morgan fingerprint density at radius 1 is 1.33 bits per heavy atom. The number of rotatable bonds is 3. The molecular weight excluding hydrogens is 266 g/mol. The van der Waals surface area contributed by atoms with Crippen molar-refractivity contribution >= 4 is 0 Å². The van der Waals surface area contributed by atoms with Crippen molar-refractivity contribution in [3.63, 3.8) is 0 Å². The Labute approximate surface area is 123 Å². The van der Waals surface area contributed by atoms with Gasteiger partial charge in [0.15, 0.2) is 0 Å². The van der Waals surface area contributed by atoms with Crippen LogP contribution in [0.2, 0.25) is 0 Å².